The highest BCUT2D eigenvalue weighted by Gasteiger charge is 2.34. The van der Waals surface area contributed by atoms with Gasteiger partial charge in [0.2, 0.25) is 0 Å². The molecule has 52 heavy (non-hydrogen) atoms. The number of nitrogens with two attached hydrogens (primary N) is 1. The number of aldehydes is 1. The molecule has 1 saturated heterocycles. The van der Waals surface area contributed by atoms with Crippen LogP contribution >= 0.6 is 0 Å². The summed E-state index contributed by atoms with van der Waals surface area (Å²) < 4.78 is 14.9. The number of hydrogen-bond donors (Lipinski definition) is 3. The van der Waals surface area contributed by atoms with Gasteiger partial charge in [-0.3, -0.25) is 14.6 Å². The van der Waals surface area contributed by atoms with Crippen LogP contribution in [0, 0.1) is 0 Å². The molecule has 0 aliphatic carbocycles. The van der Waals surface area contributed by atoms with E-state index in [1.54, 1.807) is 43.1 Å². The smallest absolute Gasteiger partial charge is 0.257 e. The number of benzene rings is 2. The Labute approximate surface area is 306 Å². The second-order valence-corrected chi connectivity index (χ2v) is 12.5. The van der Waals surface area contributed by atoms with Crippen molar-refractivity contribution in [2.45, 2.75) is 38.6 Å². The van der Waals surface area contributed by atoms with Gasteiger partial charge in [-0.1, -0.05) is 49.9 Å². The number of fused-ring (bicyclic) bond motifs is 2. The summed E-state index contributed by atoms with van der Waals surface area (Å²) in [6.45, 7) is 10.8. The quantitative estimate of drug-likeness (QED) is 0.0623. The van der Waals surface area contributed by atoms with Crippen molar-refractivity contribution in [1.29, 1.82) is 0 Å². The number of aryl methyl sites for hydroxylation is 2. The van der Waals surface area contributed by atoms with E-state index in [0.717, 1.165) is 60.1 Å². The van der Waals surface area contributed by atoms with E-state index < -0.39 is 0 Å². The highest BCUT2D eigenvalue weighted by molar-refractivity contribution is 6.03. The van der Waals surface area contributed by atoms with Gasteiger partial charge in [-0.25, -0.2) is 0 Å². The van der Waals surface area contributed by atoms with Crippen molar-refractivity contribution in [2.75, 3.05) is 38.4 Å². The molecule has 2 aliphatic rings. The lowest BCUT2D eigenvalue weighted by Crippen LogP contribution is -2.35. The Morgan fingerprint density at radius 3 is 2.40 bits per heavy atom. The molecule has 11 nitrogen and oxygen atoms in total. The fourth-order valence-electron chi connectivity index (χ4n) is 5.84. The fraction of sp³-hybridized carbons (Fsp3) is 0.293. The maximum absolute atomic E-state index is 12.9. The highest BCUT2D eigenvalue weighted by Crippen LogP contribution is 2.38. The average molecular weight is 707 g/mol. The van der Waals surface area contributed by atoms with E-state index in [-0.39, 0.29) is 17.7 Å². The van der Waals surface area contributed by atoms with Crippen LogP contribution < -0.4 is 20.5 Å². The molecule has 2 aromatic carbocycles. The average Bonchev–Trinajstić information content (AvgIpc) is 3.81. The van der Waals surface area contributed by atoms with Crippen LogP contribution in [-0.4, -0.2) is 70.9 Å². The number of aliphatic hydroxyl groups is 1. The van der Waals surface area contributed by atoms with Crippen LogP contribution in [-0.2, 0) is 14.1 Å². The Hall–Kier alpha value is -5.97. The topological polar surface area (TPSA) is 136 Å². The molecule has 1 unspecified atom stereocenters. The zero-order chi connectivity index (χ0) is 37.8. The van der Waals surface area contributed by atoms with Gasteiger partial charge in [0.1, 0.15) is 5.76 Å². The maximum Gasteiger partial charge on any atom is 0.257 e. The van der Waals surface area contributed by atoms with Gasteiger partial charge >= 0.3 is 0 Å². The Kier molecular flexibility index (Phi) is 13.7. The number of nitrogen functional groups attached to an aromatic ring is 1. The zero-order valence-corrected chi connectivity index (χ0v) is 30.8. The van der Waals surface area contributed by atoms with Gasteiger partial charge in [-0.2, -0.15) is 0 Å². The summed E-state index contributed by atoms with van der Waals surface area (Å²) in [5.74, 6) is 1.25. The summed E-state index contributed by atoms with van der Waals surface area (Å²) >= 11 is 0. The second-order valence-electron chi connectivity index (χ2n) is 12.5. The number of aliphatic hydroxyl groups excluding tert-OH is 1. The molecule has 0 saturated carbocycles. The number of rotatable bonds is 11. The van der Waals surface area contributed by atoms with E-state index in [9.17, 15) is 14.7 Å². The minimum atomic E-state index is -0.0318. The molecular weight excluding hydrogens is 656 g/mol. The number of amides is 1. The first-order chi connectivity index (χ1) is 25.0. The van der Waals surface area contributed by atoms with Crippen LogP contribution in [0.2, 0.25) is 0 Å². The van der Waals surface area contributed by atoms with Crippen LogP contribution in [0.5, 0.6) is 11.5 Å². The number of nitrogens with zero attached hydrogens (tertiary/aromatic N) is 4. The lowest BCUT2D eigenvalue weighted by molar-refractivity contribution is 0.0777. The number of hydrogen-bond acceptors (Lipinski definition) is 8. The van der Waals surface area contributed by atoms with E-state index in [2.05, 4.69) is 42.5 Å². The van der Waals surface area contributed by atoms with Crippen LogP contribution in [0.1, 0.15) is 59.1 Å². The molecular formula is C41H50N6O5. The standard InChI is InChI=1S/C21H26N2O3.C14H16N2O.C6H8N2O/c1-4-5-6-7-8-9-26-20-12-18-17(11-19(20)25-3)21(24)23-14-15(2)10-16(23)13-22-18;1-10(17)14-8-12(9-16(14)3)11-4-6-13(15-2)7-5-11;1-8-3-5(7)2-6(8)4-9/h5-6,11-13,16H,2,4,7-10,14H2,1,3H3;4-9,15,17H,1H2,2-3H3;2-4H,7H2,1H3/b6-5+;;. The molecule has 1 fully saturated rings. The molecule has 1 amide bonds. The van der Waals surface area contributed by atoms with Gasteiger partial charge in [0, 0.05) is 63.6 Å². The van der Waals surface area contributed by atoms with E-state index in [4.69, 9.17) is 15.2 Å². The van der Waals surface area contributed by atoms with E-state index in [0.29, 0.717) is 47.3 Å². The molecule has 4 aromatic rings. The lowest BCUT2D eigenvalue weighted by Gasteiger charge is -2.20. The van der Waals surface area contributed by atoms with Crippen molar-refractivity contribution in [2.24, 2.45) is 19.1 Å². The SMILES string of the molecule is C=C(O)c1cc(-c2ccc(NC)cc2)cn1C.C=C1CC2C=Nc3cc(OCCC/C=C/CC)c(OC)cc3C(=O)N2C1.Cn1cc(N)cc1C=O. The number of carbonyl (C=O) groups excluding carboxylic acids is 2. The molecule has 4 heterocycles. The van der Waals surface area contributed by atoms with Crippen LogP contribution in [0.3, 0.4) is 0 Å². The third kappa shape index (κ3) is 9.84. The predicted molar refractivity (Wildman–Crippen MR) is 211 cm³/mol. The van der Waals surface area contributed by atoms with Gasteiger partial charge in [-0.05, 0) is 61.6 Å². The fourth-order valence-corrected chi connectivity index (χ4v) is 5.84. The minimum absolute atomic E-state index is 0.0110. The summed E-state index contributed by atoms with van der Waals surface area (Å²) in [7, 11) is 7.15. The summed E-state index contributed by atoms with van der Waals surface area (Å²) in [6.07, 6.45) is 14.4. The van der Waals surface area contributed by atoms with Gasteiger partial charge in [0.15, 0.2) is 17.8 Å². The number of aromatic nitrogens is 2. The van der Waals surface area contributed by atoms with Gasteiger partial charge in [0.25, 0.3) is 5.91 Å². The molecule has 0 radical (unpaired) electrons. The summed E-state index contributed by atoms with van der Waals surface area (Å²) in [4.78, 5) is 29.4. The molecule has 0 spiro atoms. The number of nitrogens with one attached hydrogen (secondary N) is 1. The number of unbranched alkanes of at least 4 members (excludes halogenated alkanes) is 1. The third-order valence-electron chi connectivity index (χ3n) is 8.62. The number of methoxy groups -OCH3 is 1. The number of ether oxygens (including phenoxy) is 2. The van der Waals surface area contributed by atoms with E-state index in [1.807, 2.05) is 66.3 Å². The van der Waals surface area contributed by atoms with Crippen molar-refractivity contribution in [3.8, 4) is 22.6 Å². The predicted octanol–water partition coefficient (Wildman–Crippen LogP) is 7.99. The van der Waals surface area contributed by atoms with E-state index in [1.165, 1.54) is 0 Å². The normalized spacial score (nSPS) is 14.4. The Bertz CT molecular complexity index is 1940. The first-order valence-corrected chi connectivity index (χ1v) is 17.2. The number of anilines is 2. The van der Waals surface area contributed by atoms with Crippen LogP contribution in [0.25, 0.3) is 16.9 Å². The molecule has 11 heteroatoms. The first-order valence-electron chi connectivity index (χ1n) is 17.2. The Morgan fingerprint density at radius 1 is 1.08 bits per heavy atom. The van der Waals surface area contributed by atoms with Crippen molar-refractivity contribution >= 4 is 41.2 Å². The van der Waals surface area contributed by atoms with Gasteiger partial charge < -0.3 is 39.7 Å². The van der Waals surface area contributed by atoms with Crippen molar-refractivity contribution < 1.29 is 24.2 Å². The lowest BCUT2D eigenvalue weighted by atomic mass is 10.1. The monoisotopic (exact) mass is 706 g/mol. The van der Waals surface area contributed by atoms with Crippen LogP contribution in [0.15, 0.2) is 96.8 Å². The second kappa shape index (κ2) is 18.3. The molecule has 2 aliphatic heterocycles. The molecule has 0 bridgehead atoms. The molecule has 4 N–H and O–H groups in total. The Morgan fingerprint density at radius 2 is 1.83 bits per heavy atom. The molecule has 1 atom stereocenters. The first kappa shape index (κ1) is 38.8. The molecule has 6 rings (SSSR count). The number of carbonyl (C=O) groups is 2. The summed E-state index contributed by atoms with van der Waals surface area (Å²) in [6, 6.07) is 15.2. The highest BCUT2D eigenvalue weighted by atomic mass is 16.5. The Balaban J connectivity index is 0.000000198. The van der Waals surface area contributed by atoms with Crippen molar-refractivity contribution in [3.63, 3.8) is 0 Å². The zero-order valence-electron chi connectivity index (χ0n) is 30.8. The number of aliphatic imine (C=N–C) groups is 1. The molecule has 274 valence electrons. The largest absolute Gasteiger partial charge is 0.506 e. The van der Waals surface area contributed by atoms with Gasteiger partial charge in [-0.15, -0.1) is 0 Å². The van der Waals surface area contributed by atoms with E-state index >= 15 is 0 Å². The summed E-state index contributed by atoms with van der Waals surface area (Å²) in [5.41, 5.74) is 12.8. The van der Waals surface area contributed by atoms with Crippen LogP contribution in [0.4, 0.5) is 17.1 Å². The summed E-state index contributed by atoms with van der Waals surface area (Å²) in [5, 5.41) is 12.5. The number of allylic oxidation sites excluding steroid dienone is 2. The maximum atomic E-state index is 12.9. The van der Waals surface area contributed by atoms with Crippen molar-refractivity contribution in [1.82, 2.24) is 14.0 Å². The van der Waals surface area contributed by atoms with Crippen molar-refractivity contribution in [3.05, 3.63) is 109 Å². The van der Waals surface area contributed by atoms with Gasteiger partial charge in [0.05, 0.1) is 48.1 Å². The molecule has 2 aromatic heterocycles. The third-order valence-corrected chi connectivity index (χ3v) is 8.62. The minimum Gasteiger partial charge on any atom is -0.506 e.